The Morgan fingerprint density at radius 2 is 1.21 bits per heavy atom. The van der Waals surface area contributed by atoms with Crippen LogP contribution in [0.4, 0.5) is 0 Å². The van der Waals surface area contributed by atoms with Gasteiger partial charge in [-0.3, -0.25) is 0 Å². The number of nitriles is 2. The number of rotatable bonds is 4. The highest BCUT2D eigenvalue weighted by Crippen LogP contribution is 2.43. The minimum absolute atomic E-state index is 0.0965. The van der Waals surface area contributed by atoms with Gasteiger partial charge in [-0.15, -0.1) is 0 Å². The molecule has 0 unspecified atom stereocenters. The van der Waals surface area contributed by atoms with Gasteiger partial charge in [0.25, 0.3) is 0 Å². The lowest BCUT2D eigenvalue weighted by atomic mass is 10.0. The van der Waals surface area contributed by atoms with E-state index in [0.29, 0.717) is 11.4 Å². The quantitative estimate of drug-likeness (QED) is 0.197. The highest BCUT2D eigenvalue weighted by atomic mass is 15.0. The smallest absolute Gasteiger partial charge is 0.232 e. The van der Waals surface area contributed by atoms with Crippen molar-refractivity contribution in [3.63, 3.8) is 0 Å². The van der Waals surface area contributed by atoms with Crippen molar-refractivity contribution in [3.05, 3.63) is 145 Å². The van der Waals surface area contributed by atoms with E-state index in [9.17, 15) is 10.5 Å². The second-order valence-corrected chi connectivity index (χ2v) is 11.4. The van der Waals surface area contributed by atoms with Crippen LogP contribution < -0.4 is 0 Å². The molecular formula is C40H22N8. The Labute approximate surface area is 274 Å². The molecule has 8 nitrogen and oxygen atoms in total. The summed E-state index contributed by atoms with van der Waals surface area (Å²) in [4.78, 5) is 17.6. The fourth-order valence-corrected chi connectivity index (χ4v) is 6.78. The van der Waals surface area contributed by atoms with Gasteiger partial charge in [0, 0.05) is 68.7 Å². The summed E-state index contributed by atoms with van der Waals surface area (Å²) in [7, 11) is 0. The van der Waals surface area contributed by atoms with Crippen LogP contribution in [0.1, 0.15) is 11.4 Å². The van der Waals surface area contributed by atoms with Gasteiger partial charge in [-0.1, -0.05) is 60.7 Å². The molecule has 0 aliphatic carbocycles. The molecule has 0 aliphatic heterocycles. The van der Waals surface area contributed by atoms with Crippen molar-refractivity contribution in [1.29, 1.82) is 10.5 Å². The molecule has 9 aromatic rings. The normalized spacial score (nSPS) is 11.3. The summed E-state index contributed by atoms with van der Waals surface area (Å²) < 4.78 is 4.65. The highest BCUT2D eigenvalue weighted by molar-refractivity contribution is 6.26. The molecule has 0 saturated heterocycles. The Morgan fingerprint density at radius 3 is 1.94 bits per heavy atom. The monoisotopic (exact) mass is 614 g/mol. The van der Waals surface area contributed by atoms with Crippen molar-refractivity contribution in [2.45, 2.75) is 0 Å². The summed E-state index contributed by atoms with van der Waals surface area (Å²) in [6.45, 7) is 0. The Hall–Kier alpha value is -7.16. The third kappa shape index (κ3) is 4.07. The van der Waals surface area contributed by atoms with E-state index in [2.05, 4.69) is 126 Å². The number of para-hydroxylation sites is 3. The summed E-state index contributed by atoms with van der Waals surface area (Å²) in [5, 5.41) is 23.3. The average molecular weight is 615 g/mol. The maximum absolute atomic E-state index is 9.43. The van der Waals surface area contributed by atoms with Crippen molar-refractivity contribution < 1.29 is 0 Å². The number of hydrogen-bond donors (Lipinski definition) is 0. The van der Waals surface area contributed by atoms with Gasteiger partial charge >= 0.3 is 0 Å². The molecule has 4 aromatic heterocycles. The van der Waals surface area contributed by atoms with Crippen molar-refractivity contribution >= 4 is 43.6 Å². The minimum atomic E-state index is 0.0965. The summed E-state index contributed by atoms with van der Waals surface area (Å²) in [6, 6.07) is 42.1. The SMILES string of the molecule is N#Cc1cnc(-c2ccc(-n3c4ccccc4c4ccc5c(c6ccccc6n5-c5ccccc5)c43)c(-c3cnc(C#N)nc3)c2)nc1. The topological polar surface area (TPSA) is 109 Å². The van der Waals surface area contributed by atoms with Crippen molar-refractivity contribution in [2.24, 2.45) is 0 Å². The Balaban J connectivity index is 1.42. The molecule has 0 saturated carbocycles. The maximum Gasteiger partial charge on any atom is 0.232 e. The van der Waals surface area contributed by atoms with E-state index < -0.39 is 0 Å². The van der Waals surface area contributed by atoms with Crippen LogP contribution in [-0.2, 0) is 0 Å². The molecule has 5 aromatic carbocycles. The standard InChI is InChI=1S/C40H22N8/c41-19-25-21-45-40(46-22-25)26-14-16-35(32(18-26)27-23-43-37(20-42)44-24-27)48-33-12-6-4-10-29(33)30-15-17-36-38(39(30)48)31-11-5-7-13-34(31)47(36)28-8-2-1-3-9-28/h1-18,21-24H. The molecule has 0 bridgehead atoms. The summed E-state index contributed by atoms with van der Waals surface area (Å²) in [5.41, 5.74) is 9.10. The zero-order valence-corrected chi connectivity index (χ0v) is 25.3. The van der Waals surface area contributed by atoms with Crippen LogP contribution in [-0.4, -0.2) is 29.1 Å². The van der Waals surface area contributed by atoms with Crippen LogP contribution in [0.3, 0.4) is 0 Å². The lowest BCUT2D eigenvalue weighted by molar-refractivity contribution is 1.11. The Kier molecular flexibility index (Phi) is 6.07. The number of nitrogens with zero attached hydrogens (tertiary/aromatic N) is 8. The first kappa shape index (κ1) is 27.2. The Bertz CT molecular complexity index is 2780. The van der Waals surface area contributed by atoms with Gasteiger partial charge in [0.05, 0.1) is 33.3 Å². The van der Waals surface area contributed by atoms with E-state index in [1.807, 2.05) is 24.3 Å². The van der Waals surface area contributed by atoms with Gasteiger partial charge in [0.15, 0.2) is 5.82 Å². The van der Waals surface area contributed by atoms with Crippen molar-refractivity contribution in [2.75, 3.05) is 0 Å². The molecule has 4 heterocycles. The van der Waals surface area contributed by atoms with Crippen LogP contribution >= 0.6 is 0 Å². The van der Waals surface area contributed by atoms with E-state index in [0.717, 1.165) is 71.7 Å². The largest absolute Gasteiger partial charge is 0.309 e. The maximum atomic E-state index is 9.43. The van der Waals surface area contributed by atoms with Gasteiger partial charge in [-0.2, -0.15) is 10.5 Å². The fourth-order valence-electron chi connectivity index (χ4n) is 6.78. The van der Waals surface area contributed by atoms with Gasteiger partial charge in [0.2, 0.25) is 5.82 Å². The van der Waals surface area contributed by atoms with Crippen LogP contribution in [0.5, 0.6) is 0 Å². The molecule has 0 spiro atoms. The van der Waals surface area contributed by atoms with Crippen LogP contribution in [0.2, 0.25) is 0 Å². The average Bonchev–Trinajstić information content (AvgIpc) is 3.68. The number of fused-ring (bicyclic) bond motifs is 7. The van der Waals surface area contributed by atoms with E-state index in [1.165, 1.54) is 12.4 Å². The highest BCUT2D eigenvalue weighted by Gasteiger charge is 2.22. The lowest BCUT2D eigenvalue weighted by Gasteiger charge is -2.16. The Morgan fingerprint density at radius 1 is 0.521 bits per heavy atom. The summed E-state index contributed by atoms with van der Waals surface area (Å²) >= 11 is 0. The van der Waals surface area contributed by atoms with E-state index >= 15 is 0 Å². The molecule has 222 valence electrons. The molecule has 0 atom stereocenters. The van der Waals surface area contributed by atoms with Crippen molar-refractivity contribution in [1.82, 2.24) is 29.1 Å². The second kappa shape index (κ2) is 10.7. The number of benzene rings is 5. The van der Waals surface area contributed by atoms with Crippen LogP contribution in [0, 0.1) is 22.7 Å². The lowest BCUT2D eigenvalue weighted by Crippen LogP contribution is -2.00. The third-order valence-electron chi connectivity index (χ3n) is 8.82. The van der Waals surface area contributed by atoms with Crippen LogP contribution in [0.15, 0.2) is 134 Å². The number of aromatic nitrogens is 6. The zero-order valence-electron chi connectivity index (χ0n) is 25.3. The molecule has 8 heteroatoms. The van der Waals surface area contributed by atoms with Crippen LogP contribution in [0.25, 0.3) is 77.5 Å². The van der Waals surface area contributed by atoms with Gasteiger partial charge in [-0.05, 0) is 48.5 Å². The molecule has 0 N–H and O–H groups in total. The predicted octanol–water partition coefficient (Wildman–Crippen LogP) is 8.54. The van der Waals surface area contributed by atoms with E-state index in [1.54, 1.807) is 12.4 Å². The third-order valence-corrected chi connectivity index (χ3v) is 8.82. The molecule has 0 aliphatic rings. The predicted molar refractivity (Wildman–Crippen MR) is 187 cm³/mol. The molecule has 0 radical (unpaired) electrons. The zero-order chi connectivity index (χ0) is 32.2. The van der Waals surface area contributed by atoms with Crippen molar-refractivity contribution in [3.8, 4) is 46.0 Å². The minimum Gasteiger partial charge on any atom is -0.309 e. The molecular weight excluding hydrogens is 592 g/mol. The van der Waals surface area contributed by atoms with Gasteiger partial charge in [-0.25, -0.2) is 19.9 Å². The second-order valence-electron chi connectivity index (χ2n) is 11.4. The summed E-state index contributed by atoms with van der Waals surface area (Å²) in [6.07, 6.45) is 6.40. The first-order valence-electron chi connectivity index (χ1n) is 15.3. The van der Waals surface area contributed by atoms with Gasteiger partial charge in [0.1, 0.15) is 12.1 Å². The fraction of sp³-hybridized carbons (Fsp3) is 0. The first-order valence-corrected chi connectivity index (χ1v) is 15.3. The van der Waals surface area contributed by atoms with E-state index in [-0.39, 0.29) is 5.82 Å². The van der Waals surface area contributed by atoms with Gasteiger partial charge < -0.3 is 9.13 Å². The van der Waals surface area contributed by atoms with E-state index in [4.69, 9.17) is 0 Å². The molecule has 9 rings (SSSR count). The molecule has 0 fully saturated rings. The molecule has 48 heavy (non-hydrogen) atoms. The number of hydrogen-bond acceptors (Lipinski definition) is 6. The summed E-state index contributed by atoms with van der Waals surface area (Å²) in [5.74, 6) is 0.589. The molecule has 0 amide bonds. The first-order chi connectivity index (χ1) is 23.7.